The first kappa shape index (κ1) is 16.8. The first-order chi connectivity index (χ1) is 13.1. The van der Waals surface area contributed by atoms with Crippen LogP contribution in [0.1, 0.15) is 16.8 Å². The number of hydrogen-bond acceptors (Lipinski definition) is 5. The highest BCUT2D eigenvalue weighted by molar-refractivity contribution is 5.74. The van der Waals surface area contributed by atoms with Gasteiger partial charge in [-0.3, -0.25) is 4.79 Å². The van der Waals surface area contributed by atoms with Gasteiger partial charge in [0.25, 0.3) is 5.56 Å². The maximum atomic E-state index is 12.7. The monoisotopic (exact) mass is 359 g/mol. The number of nitrogens with zero attached hydrogens (tertiary/aromatic N) is 3. The molecular formula is C21H17N3O3. The van der Waals surface area contributed by atoms with Crippen molar-refractivity contribution in [3.8, 4) is 22.8 Å². The van der Waals surface area contributed by atoms with Gasteiger partial charge in [-0.1, -0.05) is 42.1 Å². The van der Waals surface area contributed by atoms with Crippen molar-refractivity contribution in [1.82, 2.24) is 14.9 Å². The third-order valence-corrected chi connectivity index (χ3v) is 4.19. The minimum absolute atomic E-state index is 0.234. The van der Waals surface area contributed by atoms with E-state index < -0.39 is 0 Å². The van der Waals surface area contributed by atoms with Crippen molar-refractivity contribution in [2.24, 2.45) is 0 Å². The summed E-state index contributed by atoms with van der Waals surface area (Å²) in [7, 11) is 0. The van der Waals surface area contributed by atoms with Crippen molar-refractivity contribution >= 4 is 6.08 Å². The summed E-state index contributed by atoms with van der Waals surface area (Å²) < 4.78 is 12.3. The van der Waals surface area contributed by atoms with Gasteiger partial charge >= 0.3 is 0 Å². The van der Waals surface area contributed by atoms with Gasteiger partial charge in [0.15, 0.2) is 11.5 Å². The molecule has 0 aliphatic heterocycles. The quantitative estimate of drug-likeness (QED) is 0.535. The minimum atomic E-state index is -0.234. The van der Waals surface area contributed by atoms with Gasteiger partial charge in [-0.2, -0.15) is 5.10 Å². The van der Waals surface area contributed by atoms with E-state index in [1.807, 2.05) is 31.2 Å². The van der Waals surface area contributed by atoms with Gasteiger partial charge in [-0.05, 0) is 30.2 Å². The smallest absolute Gasteiger partial charge is 0.267 e. The molecule has 0 bridgehead atoms. The molecule has 27 heavy (non-hydrogen) atoms. The number of aryl methyl sites for hydroxylation is 1. The van der Waals surface area contributed by atoms with Crippen molar-refractivity contribution in [2.45, 2.75) is 13.5 Å². The molecule has 4 aromatic rings. The average molecular weight is 359 g/mol. The van der Waals surface area contributed by atoms with Crippen LogP contribution in [0.2, 0.25) is 0 Å². The molecule has 134 valence electrons. The molecule has 4 rings (SSSR count). The Labute approximate surface area is 155 Å². The lowest BCUT2D eigenvalue weighted by molar-refractivity contribution is 0.426. The van der Waals surface area contributed by atoms with Gasteiger partial charge in [0.05, 0.1) is 24.1 Å². The van der Waals surface area contributed by atoms with Gasteiger partial charge in [0, 0.05) is 12.1 Å². The zero-order chi connectivity index (χ0) is 18.8. The van der Waals surface area contributed by atoms with Crippen molar-refractivity contribution in [3.05, 3.63) is 88.5 Å². The summed E-state index contributed by atoms with van der Waals surface area (Å²) in [5.41, 5.74) is 3.55. The van der Waals surface area contributed by atoms with Gasteiger partial charge in [0.2, 0.25) is 0 Å². The van der Waals surface area contributed by atoms with E-state index in [1.54, 1.807) is 30.5 Å². The Kier molecular flexibility index (Phi) is 4.30. The molecule has 0 saturated carbocycles. The first-order valence-electron chi connectivity index (χ1n) is 8.45. The predicted molar refractivity (Wildman–Crippen MR) is 102 cm³/mol. The summed E-state index contributed by atoms with van der Waals surface area (Å²) in [5, 5.41) is 8.44. The van der Waals surface area contributed by atoms with Gasteiger partial charge < -0.3 is 8.94 Å². The highest BCUT2D eigenvalue weighted by Gasteiger charge is 2.18. The Bertz CT molecular complexity index is 1140. The van der Waals surface area contributed by atoms with E-state index in [4.69, 9.17) is 8.94 Å². The normalized spacial score (nSPS) is 10.9. The molecule has 0 fully saturated rings. The van der Waals surface area contributed by atoms with E-state index in [9.17, 15) is 4.79 Å². The molecule has 6 nitrogen and oxygen atoms in total. The van der Waals surface area contributed by atoms with Crippen LogP contribution >= 0.6 is 0 Å². The number of hydrogen-bond donors (Lipinski definition) is 0. The highest BCUT2D eigenvalue weighted by atomic mass is 16.5. The van der Waals surface area contributed by atoms with Crippen LogP contribution < -0.4 is 5.56 Å². The molecule has 0 saturated heterocycles. The first-order valence-corrected chi connectivity index (χ1v) is 8.45. The summed E-state index contributed by atoms with van der Waals surface area (Å²) in [6.45, 7) is 5.91. The summed E-state index contributed by atoms with van der Waals surface area (Å²) in [6, 6.07) is 14.6. The lowest BCUT2D eigenvalue weighted by Gasteiger charge is -2.09. The van der Waals surface area contributed by atoms with Crippen molar-refractivity contribution in [2.75, 3.05) is 0 Å². The predicted octanol–water partition coefficient (Wildman–Crippen LogP) is 4.16. The Morgan fingerprint density at radius 3 is 2.59 bits per heavy atom. The maximum absolute atomic E-state index is 12.7. The number of aromatic nitrogens is 3. The highest BCUT2D eigenvalue weighted by Crippen LogP contribution is 2.29. The zero-order valence-corrected chi connectivity index (χ0v) is 14.8. The van der Waals surface area contributed by atoms with Gasteiger partial charge in [-0.15, -0.1) is 0 Å². The standard InChI is InChI=1S/C21H17N3O3/c1-3-15-6-8-16(9-7-15)13-24-20(25)12-17(19-11-14(2)23-27-19)21(22-24)18-5-4-10-26-18/h3-12H,1,13H2,2H3. The average Bonchev–Trinajstić information content (AvgIpc) is 3.35. The van der Waals surface area contributed by atoms with Crippen molar-refractivity contribution in [3.63, 3.8) is 0 Å². The van der Waals surface area contributed by atoms with Crippen LogP contribution in [-0.2, 0) is 6.54 Å². The Balaban J connectivity index is 1.80. The van der Waals surface area contributed by atoms with Gasteiger partial charge in [0.1, 0.15) is 5.69 Å². The largest absolute Gasteiger partial charge is 0.463 e. The molecule has 0 aliphatic carbocycles. The van der Waals surface area contributed by atoms with E-state index in [-0.39, 0.29) is 5.56 Å². The summed E-state index contributed by atoms with van der Waals surface area (Å²) in [5.74, 6) is 1.03. The molecule has 6 heteroatoms. The number of furan rings is 1. The zero-order valence-electron chi connectivity index (χ0n) is 14.8. The molecule has 0 aliphatic rings. The van der Waals surface area contributed by atoms with E-state index in [0.29, 0.717) is 29.3 Å². The SMILES string of the molecule is C=Cc1ccc(Cn2nc(-c3ccco3)c(-c3cc(C)no3)cc2=O)cc1. The Morgan fingerprint density at radius 2 is 1.96 bits per heavy atom. The second-order valence-corrected chi connectivity index (χ2v) is 6.16. The summed E-state index contributed by atoms with van der Waals surface area (Å²) >= 11 is 0. The van der Waals surface area contributed by atoms with E-state index >= 15 is 0 Å². The molecule has 0 N–H and O–H groups in total. The van der Waals surface area contributed by atoms with Crippen molar-refractivity contribution in [1.29, 1.82) is 0 Å². The van der Waals surface area contributed by atoms with Crippen molar-refractivity contribution < 1.29 is 8.94 Å². The van der Waals surface area contributed by atoms with Crippen LogP contribution in [0.15, 0.2) is 75.1 Å². The minimum Gasteiger partial charge on any atom is -0.463 e. The van der Waals surface area contributed by atoms with Gasteiger partial charge in [-0.25, -0.2) is 4.68 Å². The van der Waals surface area contributed by atoms with E-state index in [2.05, 4.69) is 16.8 Å². The molecule has 1 aromatic carbocycles. The van der Waals surface area contributed by atoms with Crippen LogP contribution in [0.4, 0.5) is 0 Å². The second-order valence-electron chi connectivity index (χ2n) is 6.16. The Morgan fingerprint density at radius 1 is 1.15 bits per heavy atom. The fourth-order valence-electron chi connectivity index (χ4n) is 2.81. The topological polar surface area (TPSA) is 74.1 Å². The van der Waals surface area contributed by atoms with Crippen LogP contribution in [0.3, 0.4) is 0 Å². The van der Waals surface area contributed by atoms with Crippen LogP contribution in [0.5, 0.6) is 0 Å². The van der Waals surface area contributed by atoms with Crippen LogP contribution in [-0.4, -0.2) is 14.9 Å². The van der Waals surface area contributed by atoms with Crippen LogP contribution in [0.25, 0.3) is 28.9 Å². The fraction of sp³-hybridized carbons (Fsp3) is 0.0952. The van der Waals surface area contributed by atoms with E-state index in [1.165, 1.54) is 10.7 Å². The summed E-state index contributed by atoms with van der Waals surface area (Å²) in [6.07, 6.45) is 3.34. The summed E-state index contributed by atoms with van der Waals surface area (Å²) in [4.78, 5) is 12.7. The third-order valence-electron chi connectivity index (χ3n) is 4.19. The molecule has 0 atom stereocenters. The molecule has 3 aromatic heterocycles. The molecule has 0 radical (unpaired) electrons. The molecule has 0 unspecified atom stereocenters. The molecule has 3 heterocycles. The molecule has 0 amide bonds. The number of rotatable bonds is 5. The maximum Gasteiger partial charge on any atom is 0.267 e. The fourth-order valence-corrected chi connectivity index (χ4v) is 2.81. The van der Waals surface area contributed by atoms with E-state index in [0.717, 1.165) is 16.8 Å². The lowest BCUT2D eigenvalue weighted by Crippen LogP contribution is -2.23. The lowest BCUT2D eigenvalue weighted by atomic mass is 10.1. The van der Waals surface area contributed by atoms with Crippen LogP contribution in [0, 0.1) is 6.92 Å². The Hall–Kier alpha value is -3.67. The third kappa shape index (κ3) is 3.37. The molecular weight excluding hydrogens is 342 g/mol. The second kappa shape index (κ2) is 6.92. The number of benzene rings is 1. The molecule has 0 spiro atoms.